The van der Waals surface area contributed by atoms with E-state index in [1.807, 2.05) is 6.07 Å². The normalized spacial score (nSPS) is 10.7. The minimum absolute atomic E-state index is 0.236. The number of aromatic nitrogens is 2. The second-order valence-electron chi connectivity index (χ2n) is 4.07. The molecule has 1 aromatic heterocycles. The predicted molar refractivity (Wildman–Crippen MR) is 76.1 cm³/mol. The van der Waals surface area contributed by atoms with Crippen molar-refractivity contribution in [3.05, 3.63) is 48.2 Å². The molecule has 0 aliphatic carbocycles. The molecule has 0 atom stereocenters. The van der Waals surface area contributed by atoms with E-state index in [0.29, 0.717) is 13.2 Å². The van der Waals surface area contributed by atoms with Gasteiger partial charge in [0.25, 0.3) is 0 Å². The van der Waals surface area contributed by atoms with E-state index in [1.165, 1.54) is 24.2 Å². The minimum atomic E-state index is -0.236. The highest BCUT2D eigenvalue weighted by Gasteiger charge is 2.07. The van der Waals surface area contributed by atoms with Gasteiger partial charge in [0.1, 0.15) is 17.2 Å². The fourth-order valence-corrected chi connectivity index (χ4v) is 2.49. The highest BCUT2D eigenvalue weighted by atomic mass is 32.2. The summed E-state index contributed by atoms with van der Waals surface area (Å²) in [6, 6.07) is 6.61. The third-order valence-electron chi connectivity index (χ3n) is 2.59. The number of benzene rings is 1. The number of hydrogen-bond donors (Lipinski definition) is 1. The van der Waals surface area contributed by atoms with Crippen LogP contribution in [0.2, 0.25) is 0 Å². The lowest BCUT2D eigenvalue weighted by molar-refractivity contribution is 0.199. The van der Waals surface area contributed by atoms with Crippen LogP contribution >= 0.6 is 11.8 Å². The molecule has 0 fully saturated rings. The van der Waals surface area contributed by atoms with Gasteiger partial charge in [-0.25, -0.2) is 14.4 Å². The zero-order valence-electron chi connectivity index (χ0n) is 11.2. The summed E-state index contributed by atoms with van der Waals surface area (Å²) in [5, 5.41) is 4.06. The van der Waals surface area contributed by atoms with Gasteiger partial charge in [-0.15, -0.1) is 0 Å². The summed E-state index contributed by atoms with van der Waals surface area (Å²) in [5.74, 6) is -0.236. The van der Waals surface area contributed by atoms with Crippen molar-refractivity contribution >= 4 is 11.8 Å². The number of nitrogens with zero attached hydrogens (tertiary/aromatic N) is 2. The number of methoxy groups -OCH3 is 1. The second kappa shape index (κ2) is 7.94. The SMILES string of the molecule is COCCNCc1cc(F)ccc1Sc1ccncn1. The molecule has 0 aliphatic rings. The first kappa shape index (κ1) is 14.9. The van der Waals surface area contributed by atoms with E-state index in [1.54, 1.807) is 25.4 Å². The van der Waals surface area contributed by atoms with Crippen LogP contribution in [-0.4, -0.2) is 30.2 Å². The third-order valence-corrected chi connectivity index (χ3v) is 3.66. The number of ether oxygens (including phenoxy) is 1. The summed E-state index contributed by atoms with van der Waals surface area (Å²) < 4.78 is 18.3. The molecule has 2 aromatic rings. The average molecular weight is 293 g/mol. The molecular formula is C14H16FN3OS. The molecule has 0 radical (unpaired) electrons. The zero-order valence-corrected chi connectivity index (χ0v) is 12.0. The Kier molecular flexibility index (Phi) is 5.91. The molecule has 1 N–H and O–H groups in total. The fraction of sp³-hybridized carbons (Fsp3) is 0.286. The molecule has 0 amide bonds. The Balaban J connectivity index is 2.07. The van der Waals surface area contributed by atoms with Gasteiger partial charge < -0.3 is 10.1 Å². The maximum absolute atomic E-state index is 13.4. The molecule has 1 heterocycles. The molecule has 106 valence electrons. The Morgan fingerprint density at radius 2 is 2.25 bits per heavy atom. The van der Waals surface area contributed by atoms with Gasteiger partial charge in [-0.3, -0.25) is 0 Å². The van der Waals surface area contributed by atoms with E-state index >= 15 is 0 Å². The molecule has 0 spiro atoms. The molecular weight excluding hydrogens is 277 g/mol. The maximum Gasteiger partial charge on any atom is 0.123 e. The van der Waals surface area contributed by atoms with Crippen LogP contribution < -0.4 is 5.32 Å². The summed E-state index contributed by atoms with van der Waals surface area (Å²) in [6.45, 7) is 1.95. The van der Waals surface area contributed by atoms with Crippen molar-refractivity contribution in [1.82, 2.24) is 15.3 Å². The van der Waals surface area contributed by atoms with Crippen LogP contribution in [0.4, 0.5) is 4.39 Å². The van der Waals surface area contributed by atoms with Crippen LogP contribution in [0.15, 0.2) is 46.7 Å². The van der Waals surface area contributed by atoms with Crippen LogP contribution in [-0.2, 0) is 11.3 Å². The van der Waals surface area contributed by atoms with E-state index in [4.69, 9.17) is 4.74 Å². The first-order chi connectivity index (χ1) is 9.79. The molecule has 0 unspecified atom stereocenters. The maximum atomic E-state index is 13.4. The number of hydrogen-bond acceptors (Lipinski definition) is 5. The van der Waals surface area contributed by atoms with Crippen molar-refractivity contribution in [3.63, 3.8) is 0 Å². The topological polar surface area (TPSA) is 47.0 Å². The molecule has 1 aromatic carbocycles. The molecule has 0 saturated heterocycles. The van der Waals surface area contributed by atoms with Crippen LogP contribution in [0.1, 0.15) is 5.56 Å². The monoisotopic (exact) mass is 293 g/mol. The largest absolute Gasteiger partial charge is 0.383 e. The summed E-state index contributed by atoms with van der Waals surface area (Å²) in [5.41, 5.74) is 0.907. The highest BCUT2D eigenvalue weighted by Crippen LogP contribution is 2.29. The third kappa shape index (κ3) is 4.56. The lowest BCUT2D eigenvalue weighted by Gasteiger charge is -2.10. The number of nitrogens with one attached hydrogen (secondary N) is 1. The Labute approximate surface area is 121 Å². The lowest BCUT2D eigenvalue weighted by Crippen LogP contribution is -2.19. The van der Waals surface area contributed by atoms with Gasteiger partial charge in [-0.1, -0.05) is 11.8 Å². The molecule has 4 nitrogen and oxygen atoms in total. The Hall–Kier alpha value is -1.50. The fourth-order valence-electron chi connectivity index (χ4n) is 1.63. The Morgan fingerprint density at radius 1 is 1.35 bits per heavy atom. The molecule has 0 bridgehead atoms. The van der Waals surface area contributed by atoms with Crippen LogP contribution in [0.5, 0.6) is 0 Å². The van der Waals surface area contributed by atoms with Crippen LogP contribution in [0, 0.1) is 5.82 Å². The van der Waals surface area contributed by atoms with E-state index < -0.39 is 0 Å². The van der Waals surface area contributed by atoms with E-state index in [-0.39, 0.29) is 5.82 Å². The van der Waals surface area contributed by atoms with Gasteiger partial charge >= 0.3 is 0 Å². The van der Waals surface area contributed by atoms with E-state index in [9.17, 15) is 4.39 Å². The molecule has 0 saturated carbocycles. The Bertz CT molecular complexity index is 539. The minimum Gasteiger partial charge on any atom is -0.383 e. The van der Waals surface area contributed by atoms with E-state index in [2.05, 4.69) is 15.3 Å². The average Bonchev–Trinajstić information content (AvgIpc) is 2.47. The van der Waals surface area contributed by atoms with Crippen molar-refractivity contribution in [2.24, 2.45) is 0 Å². The van der Waals surface area contributed by atoms with Gasteiger partial charge in [0, 0.05) is 31.3 Å². The van der Waals surface area contributed by atoms with Gasteiger partial charge in [-0.05, 0) is 29.8 Å². The molecule has 2 rings (SSSR count). The van der Waals surface area contributed by atoms with Crippen molar-refractivity contribution in [2.45, 2.75) is 16.5 Å². The van der Waals surface area contributed by atoms with Crippen molar-refractivity contribution < 1.29 is 9.13 Å². The number of halogens is 1. The van der Waals surface area contributed by atoms with Gasteiger partial charge in [0.2, 0.25) is 0 Å². The standard InChI is InChI=1S/C14H16FN3OS/c1-19-7-6-16-9-11-8-12(15)2-3-13(11)20-14-4-5-17-10-18-14/h2-5,8,10,16H,6-7,9H2,1H3. The summed E-state index contributed by atoms with van der Waals surface area (Å²) in [6.07, 6.45) is 3.19. The van der Waals surface area contributed by atoms with Crippen LogP contribution in [0.25, 0.3) is 0 Å². The van der Waals surface area contributed by atoms with Gasteiger partial charge in [-0.2, -0.15) is 0 Å². The number of rotatable bonds is 7. The zero-order chi connectivity index (χ0) is 14.2. The van der Waals surface area contributed by atoms with Crippen molar-refractivity contribution in [1.29, 1.82) is 0 Å². The van der Waals surface area contributed by atoms with E-state index in [0.717, 1.165) is 22.0 Å². The van der Waals surface area contributed by atoms with Crippen molar-refractivity contribution in [3.8, 4) is 0 Å². The molecule has 0 aliphatic heterocycles. The predicted octanol–water partition coefficient (Wildman–Crippen LogP) is 2.50. The molecule has 6 heteroatoms. The summed E-state index contributed by atoms with van der Waals surface area (Å²) >= 11 is 1.50. The lowest BCUT2D eigenvalue weighted by atomic mass is 10.2. The first-order valence-corrected chi connectivity index (χ1v) is 7.03. The smallest absolute Gasteiger partial charge is 0.123 e. The van der Waals surface area contributed by atoms with Gasteiger partial charge in [0.05, 0.1) is 6.61 Å². The quantitative estimate of drug-likeness (QED) is 0.628. The van der Waals surface area contributed by atoms with Gasteiger partial charge in [0.15, 0.2) is 0 Å². The summed E-state index contributed by atoms with van der Waals surface area (Å²) in [7, 11) is 1.65. The van der Waals surface area contributed by atoms with Crippen LogP contribution in [0.3, 0.4) is 0 Å². The molecule has 20 heavy (non-hydrogen) atoms. The second-order valence-corrected chi connectivity index (χ2v) is 5.13. The van der Waals surface area contributed by atoms with Crippen molar-refractivity contribution in [2.75, 3.05) is 20.3 Å². The Morgan fingerprint density at radius 3 is 3.00 bits per heavy atom. The highest BCUT2D eigenvalue weighted by molar-refractivity contribution is 7.99. The summed E-state index contributed by atoms with van der Waals surface area (Å²) in [4.78, 5) is 9.03. The first-order valence-electron chi connectivity index (χ1n) is 6.21.